The highest BCUT2D eigenvalue weighted by molar-refractivity contribution is 5.83. The SMILES string of the molecule is O=CNC1CC(=O)CN1NC=O. The van der Waals surface area contributed by atoms with Gasteiger partial charge in [-0.1, -0.05) is 0 Å². The van der Waals surface area contributed by atoms with Gasteiger partial charge < -0.3 is 5.32 Å². The normalized spacial score (nSPS) is 23.7. The molecule has 0 saturated carbocycles. The highest BCUT2D eigenvalue weighted by Gasteiger charge is 2.29. The lowest BCUT2D eigenvalue weighted by Crippen LogP contribution is -2.47. The van der Waals surface area contributed by atoms with Crippen LogP contribution in [0.4, 0.5) is 0 Å². The summed E-state index contributed by atoms with van der Waals surface area (Å²) < 4.78 is 0. The monoisotopic (exact) mass is 171 g/mol. The summed E-state index contributed by atoms with van der Waals surface area (Å²) in [5.74, 6) is -0.0105. The summed E-state index contributed by atoms with van der Waals surface area (Å²) in [6.07, 6.45) is 0.806. The number of ketones is 1. The van der Waals surface area contributed by atoms with Crippen LogP contribution in [-0.2, 0) is 14.4 Å². The van der Waals surface area contributed by atoms with Gasteiger partial charge in [0.05, 0.1) is 6.54 Å². The topological polar surface area (TPSA) is 78.5 Å². The number of carbonyl (C=O) groups excluding carboxylic acids is 3. The second-order valence-corrected chi connectivity index (χ2v) is 2.42. The summed E-state index contributed by atoms with van der Waals surface area (Å²) in [4.78, 5) is 30.9. The smallest absolute Gasteiger partial charge is 0.221 e. The number of rotatable bonds is 4. The average molecular weight is 171 g/mol. The quantitative estimate of drug-likeness (QED) is 0.479. The third-order valence-corrected chi connectivity index (χ3v) is 1.62. The molecule has 2 amide bonds. The van der Waals surface area contributed by atoms with Gasteiger partial charge in [0.25, 0.3) is 0 Å². The summed E-state index contributed by atoms with van der Waals surface area (Å²) in [7, 11) is 0. The van der Waals surface area contributed by atoms with Gasteiger partial charge in [-0.15, -0.1) is 0 Å². The molecule has 6 nitrogen and oxygen atoms in total. The molecule has 1 heterocycles. The van der Waals surface area contributed by atoms with E-state index < -0.39 is 6.17 Å². The highest BCUT2D eigenvalue weighted by Crippen LogP contribution is 2.07. The van der Waals surface area contributed by atoms with Crippen LogP contribution in [0.1, 0.15) is 6.42 Å². The third kappa shape index (κ3) is 1.79. The largest absolute Gasteiger partial charge is 0.341 e. The standard InChI is InChI=1S/C6H9N3O3/c10-3-7-6-1-5(12)2-9(6)8-4-11/h3-4,6H,1-2H2,(H,7,10)(H,8,11). The lowest BCUT2D eigenvalue weighted by molar-refractivity contribution is -0.118. The summed E-state index contributed by atoms with van der Waals surface area (Å²) >= 11 is 0. The van der Waals surface area contributed by atoms with E-state index >= 15 is 0 Å². The van der Waals surface area contributed by atoms with Crippen LogP contribution >= 0.6 is 0 Å². The van der Waals surface area contributed by atoms with E-state index in [4.69, 9.17) is 0 Å². The molecule has 6 heteroatoms. The molecule has 1 aliphatic rings. The number of Topliss-reactive ketones (excluding diaryl/α,β-unsaturated/α-hetero) is 1. The first-order valence-electron chi connectivity index (χ1n) is 3.45. The maximum Gasteiger partial charge on any atom is 0.221 e. The van der Waals surface area contributed by atoms with Crippen LogP contribution in [0.25, 0.3) is 0 Å². The molecule has 1 rings (SSSR count). The zero-order valence-electron chi connectivity index (χ0n) is 6.32. The van der Waals surface area contributed by atoms with Crippen molar-refractivity contribution >= 4 is 18.6 Å². The Morgan fingerprint density at radius 2 is 2.17 bits per heavy atom. The van der Waals surface area contributed by atoms with E-state index in [0.717, 1.165) is 0 Å². The van der Waals surface area contributed by atoms with Crippen molar-refractivity contribution in [3.05, 3.63) is 0 Å². The van der Waals surface area contributed by atoms with Crippen LogP contribution in [0.3, 0.4) is 0 Å². The van der Waals surface area contributed by atoms with Gasteiger partial charge in [-0.2, -0.15) is 5.01 Å². The molecule has 0 bridgehead atoms. The molecule has 0 aliphatic carbocycles. The van der Waals surface area contributed by atoms with Gasteiger partial charge in [-0.25, -0.2) is 0 Å². The van der Waals surface area contributed by atoms with Gasteiger partial charge >= 0.3 is 0 Å². The number of amides is 2. The lowest BCUT2D eigenvalue weighted by atomic mass is 10.3. The fraction of sp³-hybridized carbons (Fsp3) is 0.500. The van der Waals surface area contributed by atoms with E-state index in [1.807, 2.05) is 0 Å². The van der Waals surface area contributed by atoms with Crippen LogP contribution < -0.4 is 10.7 Å². The van der Waals surface area contributed by atoms with Crippen LogP contribution in [0.5, 0.6) is 0 Å². The fourth-order valence-corrected chi connectivity index (χ4v) is 1.12. The van der Waals surface area contributed by atoms with Crippen LogP contribution in [-0.4, -0.2) is 36.3 Å². The molecular formula is C6H9N3O3. The number of carbonyl (C=O) groups is 3. The van der Waals surface area contributed by atoms with E-state index in [-0.39, 0.29) is 18.7 Å². The molecule has 1 saturated heterocycles. The van der Waals surface area contributed by atoms with Gasteiger partial charge in [-0.05, 0) is 0 Å². The number of hydrogen-bond donors (Lipinski definition) is 2. The van der Waals surface area contributed by atoms with E-state index in [1.165, 1.54) is 5.01 Å². The van der Waals surface area contributed by atoms with E-state index in [1.54, 1.807) is 0 Å². The van der Waals surface area contributed by atoms with Crippen molar-refractivity contribution in [2.24, 2.45) is 0 Å². The molecule has 1 aliphatic heterocycles. The Morgan fingerprint density at radius 1 is 1.42 bits per heavy atom. The Balaban J connectivity index is 2.51. The molecular weight excluding hydrogens is 162 g/mol. The maximum atomic E-state index is 10.9. The van der Waals surface area contributed by atoms with E-state index in [0.29, 0.717) is 12.8 Å². The third-order valence-electron chi connectivity index (χ3n) is 1.62. The van der Waals surface area contributed by atoms with Crippen molar-refractivity contribution in [3.8, 4) is 0 Å². The van der Waals surface area contributed by atoms with Gasteiger partial charge in [0.2, 0.25) is 12.8 Å². The zero-order chi connectivity index (χ0) is 8.97. The second-order valence-electron chi connectivity index (χ2n) is 2.42. The van der Waals surface area contributed by atoms with Crippen molar-refractivity contribution in [1.29, 1.82) is 0 Å². The van der Waals surface area contributed by atoms with Crippen molar-refractivity contribution in [1.82, 2.24) is 15.8 Å². The molecule has 12 heavy (non-hydrogen) atoms. The van der Waals surface area contributed by atoms with Crippen LogP contribution in [0.2, 0.25) is 0 Å². The second kappa shape index (κ2) is 3.82. The van der Waals surface area contributed by atoms with Crippen molar-refractivity contribution < 1.29 is 14.4 Å². The van der Waals surface area contributed by atoms with Crippen molar-refractivity contribution in [2.75, 3.05) is 6.54 Å². The molecule has 0 aromatic rings. The van der Waals surface area contributed by atoms with Crippen LogP contribution in [0.15, 0.2) is 0 Å². The Bertz CT molecular complexity index is 186. The molecule has 0 radical (unpaired) electrons. The minimum absolute atomic E-state index is 0.0105. The van der Waals surface area contributed by atoms with E-state index in [9.17, 15) is 14.4 Å². The Morgan fingerprint density at radius 3 is 2.75 bits per heavy atom. The van der Waals surface area contributed by atoms with E-state index in [2.05, 4.69) is 10.7 Å². The molecule has 0 aromatic heterocycles. The van der Waals surface area contributed by atoms with Crippen LogP contribution in [0, 0.1) is 0 Å². The summed E-state index contributed by atoms with van der Waals surface area (Å²) in [5.41, 5.74) is 2.32. The molecule has 2 N–H and O–H groups in total. The predicted octanol–water partition coefficient (Wildman–Crippen LogP) is -2.01. The number of hydrazine groups is 1. The molecule has 1 fully saturated rings. The molecule has 1 atom stereocenters. The predicted molar refractivity (Wildman–Crippen MR) is 38.5 cm³/mol. The Labute approximate surface area is 68.9 Å². The molecule has 1 unspecified atom stereocenters. The minimum atomic E-state index is -0.403. The minimum Gasteiger partial charge on any atom is -0.341 e. The summed E-state index contributed by atoms with van der Waals surface area (Å²) in [6.45, 7) is 0.143. The summed E-state index contributed by atoms with van der Waals surface area (Å²) in [5, 5.41) is 3.79. The fourth-order valence-electron chi connectivity index (χ4n) is 1.12. The zero-order valence-corrected chi connectivity index (χ0v) is 6.32. The number of nitrogens with one attached hydrogen (secondary N) is 2. The molecule has 0 spiro atoms. The van der Waals surface area contributed by atoms with Gasteiger partial charge in [-0.3, -0.25) is 19.8 Å². The summed E-state index contributed by atoms with van der Waals surface area (Å²) in [6, 6.07) is 0. The highest BCUT2D eigenvalue weighted by atomic mass is 16.2. The first-order valence-corrected chi connectivity index (χ1v) is 3.45. The Hall–Kier alpha value is -1.43. The number of nitrogens with zero attached hydrogens (tertiary/aromatic N) is 1. The van der Waals surface area contributed by atoms with Crippen molar-refractivity contribution in [3.63, 3.8) is 0 Å². The van der Waals surface area contributed by atoms with Crippen molar-refractivity contribution in [2.45, 2.75) is 12.6 Å². The Kier molecular flexibility index (Phi) is 2.76. The number of hydrogen-bond acceptors (Lipinski definition) is 4. The first kappa shape index (κ1) is 8.66. The lowest BCUT2D eigenvalue weighted by Gasteiger charge is -2.20. The van der Waals surface area contributed by atoms with Gasteiger partial charge in [0.1, 0.15) is 6.17 Å². The maximum absolute atomic E-state index is 10.9. The average Bonchev–Trinajstić information content (AvgIpc) is 2.33. The van der Waals surface area contributed by atoms with Gasteiger partial charge in [0, 0.05) is 6.42 Å². The molecule has 66 valence electrons. The van der Waals surface area contributed by atoms with Gasteiger partial charge in [0.15, 0.2) is 5.78 Å². The molecule has 0 aromatic carbocycles. The first-order chi connectivity index (χ1) is 5.77.